The Hall–Kier alpha value is -3.91. The topological polar surface area (TPSA) is 158 Å². The number of aliphatic hydroxyl groups is 2. The number of unbranched alkanes of at least 4 members (excludes halogenated alkanes) is 2. The van der Waals surface area contributed by atoms with Crippen LogP contribution in [-0.2, 0) is 19.0 Å². The van der Waals surface area contributed by atoms with Crippen molar-refractivity contribution in [2.75, 3.05) is 46.6 Å². The van der Waals surface area contributed by atoms with Crippen molar-refractivity contribution in [1.82, 2.24) is 10.2 Å². The maximum absolute atomic E-state index is 13.8. The van der Waals surface area contributed by atoms with E-state index in [1.165, 1.54) is 4.90 Å². The number of rotatable bonds is 19. The van der Waals surface area contributed by atoms with E-state index in [2.05, 4.69) is 24.6 Å². The number of amides is 2. The summed E-state index contributed by atoms with van der Waals surface area (Å²) >= 11 is 0. The summed E-state index contributed by atoms with van der Waals surface area (Å²) in [5.74, 6) is -1.20. The van der Waals surface area contributed by atoms with Gasteiger partial charge in [-0.1, -0.05) is 36.2 Å². The molecule has 0 spiro atoms. The van der Waals surface area contributed by atoms with Crippen molar-refractivity contribution < 1.29 is 48.3 Å². The van der Waals surface area contributed by atoms with Gasteiger partial charge in [0.2, 0.25) is 12.1 Å². The second kappa shape index (κ2) is 20.1. The number of fused-ring (bicyclic) bond motifs is 2. The molecule has 3 N–H and O–H groups in total. The summed E-state index contributed by atoms with van der Waals surface area (Å²) in [4.78, 5) is 34.1. The molecule has 1 saturated carbocycles. The zero-order valence-corrected chi connectivity index (χ0v) is 31.9. The number of oxime groups is 1. The number of aliphatic hydroxyl groups excluding tert-OH is 2. The van der Waals surface area contributed by atoms with Gasteiger partial charge in [0.15, 0.2) is 0 Å². The van der Waals surface area contributed by atoms with Crippen LogP contribution in [0.5, 0.6) is 11.5 Å². The number of hydrogen-bond acceptors (Lipinski definition) is 11. The molecule has 2 amide bonds. The largest absolute Gasteiger partial charge is 0.459 e. The third kappa shape index (κ3) is 9.47. The highest BCUT2D eigenvalue weighted by Crippen LogP contribution is 2.61. The molecular formula is C41H59N3O10. The number of benzene rings is 1. The molecule has 1 aromatic rings. The van der Waals surface area contributed by atoms with E-state index in [1.807, 2.05) is 13.0 Å². The summed E-state index contributed by atoms with van der Waals surface area (Å²) in [5, 5.41) is 27.1. The first-order chi connectivity index (χ1) is 26.3. The minimum Gasteiger partial charge on any atom is -0.459 e. The lowest BCUT2D eigenvalue weighted by Crippen LogP contribution is -2.69. The van der Waals surface area contributed by atoms with Crippen molar-refractivity contribution in [1.29, 1.82) is 0 Å². The Morgan fingerprint density at radius 2 is 1.91 bits per heavy atom. The maximum atomic E-state index is 13.8. The fourth-order valence-electron chi connectivity index (χ4n) is 8.45. The molecule has 7 atom stereocenters. The molecular weight excluding hydrogens is 694 g/mol. The molecule has 2 heterocycles. The fraction of sp³-hybridized carbons (Fsp3) is 0.634. The van der Waals surface area contributed by atoms with Gasteiger partial charge in [0.05, 0.1) is 31.5 Å². The highest BCUT2D eigenvalue weighted by atomic mass is 16.8. The molecule has 13 heteroatoms. The summed E-state index contributed by atoms with van der Waals surface area (Å²) in [6.45, 7) is 11.0. The van der Waals surface area contributed by atoms with Crippen molar-refractivity contribution in [3.8, 4) is 11.5 Å². The van der Waals surface area contributed by atoms with E-state index < -0.39 is 36.2 Å². The average molecular weight is 754 g/mol. The van der Waals surface area contributed by atoms with E-state index in [0.717, 1.165) is 56.1 Å². The van der Waals surface area contributed by atoms with E-state index in [0.29, 0.717) is 49.6 Å². The van der Waals surface area contributed by atoms with Gasteiger partial charge in [-0.3, -0.25) is 0 Å². The van der Waals surface area contributed by atoms with Crippen LogP contribution in [0.25, 0.3) is 0 Å². The molecule has 1 saturated heterocycles. The van der Waals surface area contributed by atoms with Crippen molar-refractivity contribution in [2.24, 2.45) is 22.9 Å². The number of nitrogens with zero attached hydrogens (tertiary/aromatic N) is 2. The Kier molecular flexibility index (Phi) is 15.4. The molecule has 4 aliphatic rings. The minimum absolute atomic E-state index is 0.0190. The second-order valence-corrected chi connectivity index (χ2v) is 14.4. The summed E-state index contributed by atoms with van der Waals surface area (Å²) in [6, 6.07) is 4.65. The number of allylic oxidation sites excluding steroid dienone is 1. The number of ether oxygens (including phenoxy) is 5. The quantitative estimate of drug-likeness (QED) is 0.0799. The van der Waals surface area contributed by atoms with E-state index in [4.69, 9.17) is 33.7 Å². The summed E-state index contributed by atoms with van der Waals surface area (Å²) in [7, 11) is 1.69. The Labute approximate surface area is 319 Å². The lowest BCUT2D eigenvalue weighted by Gasteiger charge is -2.59. The van der Waals surface area contributed by atoms with Gasteiger partial charge in [-0.25, -0.2) is 9.59 Å². The number of hydrogen-bond donors (Lipinski definition) is 3. The minimum atomic E-state index is -1.42. The Morgan fingerprint density at radius 1 is 1.11 bits per heavy atom. The van der Waals surface area contributed by atoms with Gasteiger partial charge in [-0.15, -0.1) is 13.2 Å². The number of carbonyl (C=O) groups excluding carboxylic acids is 2. The predicted octanol–water partition coefficient (Wildman–Crippen LogP) is 6.60. The summed E-state index contributed by atoms with van der Waals surface area (Å²) in [6.07, 6.45) is 11.9. The third-order valence-corrected chi connectivity index (χ3v) is 10.9. The van der Waals surface area contributed by atoms with Crippen LogP contribution in [0, 0.1) is 17.8 Å². The third-order valence-electron chi connectivity index (χ3n) is 10.9. The van der Waals surface area contributed by atoms with E-state index in [9.17, 15) is 19.8 Å². The molecule has 0 radical (unpaired) electrons. The zero-order chi connectivity index (χ0) is 38.5. The smallest absolute Gasteiger partial charge is 0.412 e. The lowest BCUT2D eigenvalue weighted by atomic mass is 9.55. The molecule has 13 nitrogen and oxygen atoms in total. The van der Waals surface area contributed by atoms with Crippen molar-refractivity contribution in [3.05, 3.63) is 60.7 Å². The van der Waals surface area contributed by atoms with Gasteiger partial charge in [0, 0.05) is 51.1 Å². The van der Waals surface area contributed by atoms with Crippen molar-refractivity contribution in [2.45, 2.75) is 102 Å². The van der Waals surface area contributed by atoms with Gasteiger partial charge < -0.3 is 49.0 Å². The van der Waals surface area contributed by atoms with Crippen LogP contribution in [0.1, 0.15) is 89.0 Å². The van der Waals surface area contributed by atoms with Crippen LogP contribution in [0.4, 0.5) is 9.59 Å². The lowest BCUT2D eigenvalue weighted by molar-refractivity contribution is -0.254. The predicted molar refractivity (Wildman–Crippen MR) is 203 cm³/mol. The van der Waals surface area contributed by atoms with Crippen molar-refractivity contribution >= 4 is 17.9 Å². The first-order valence-electron chi connectivity index (χ1n) is 19.6. The first-order valence-corrected chi connectivity index (χ1v) is 19.6. The van der Waals surface area contributed by atoms with Gasteiger partial charge in [-0.05, 0) is 87.5 Å². The molecule has 54 heavy (non-hydrogen) atoms. The van der Waals surface area contributed by atoms with Crippen LogP contribution in [0.2, 0.25) is 0 Å². The molecule has 298 valence electrons. The first kappa shape index (κ1) is 41.3. The molecule has 1 aromatic carbocycles. The van der Waals surface area contributed by atoms with E-state index in [1.54, 1.807) is 31.3 Å². The Bertz CT molecular complexity index is 1490. The molecule has 5 rings (SSSR count). The zero-order valence-electron chi connectivity index (χ0n) is 31.9. The number of carbonyl (C=O) groups is 2. The van der Waals surface area contributed by atoms with Crippen molar-refractivity contribution in [3.63, 3.8) is 0 Å². The number of likely N-dealkylation sites (N-methyl/N-ethyl adjacent to an activating group) is 1. The van der Waals surface area contributed by atoms with Crippen LogP contribution < -0.4 is 14.8 Å². The van der Waals surface area contributed by atoms with Gasteiger partial charge in [0.1, 0.15) is 17.5 Å². The van der Waals surface area contributed by atoms with Gasteiger partial charge in [0.25, 0.3) is 0 Å². The van der Waals surface area contributed by atoms with Gasteiger partial charge in [-0.2, -0.15) is 0 Å². The molecule has 1 unspecified atom stereocenters. The number of nitrogens with one attached hydrogen (secondary N) is 1. The average Bonchev–Trinajstić information content (AvgIpc) is 3.18. The monoisotopic (exact) mass is 753 g/mol. The standard InChI is InChI=1S/C41H59N3O10/c1-5-8-23-50-40(48)44(4)35-27-33(43-54-36-17-11-14-24-49-36)31-25-28(15-9-12-20-45)30(16-10-13-21-46)37-32-26-29(52-39(47)42-7-3)18-19-34(32)53-41(35,38(31)37)51-22-6-2/h5-6,18-19,25-26,28,30,35-38,45-46H,1-2,7-17,20-24,27H2,3-4H3,(H,42,47)/t28-,30+,35-,36?,37+,38+,41+/m0/s1. The van der Waals surface area contributed by atoms with Crippen LogP contribution in [0.15, 0.2) is 60.3 Å². The normalized spacial score (nSPS) is 27.7. The van der Waals surface area contributed by atoms with E-state index >= 15 is 0 Å². The maximum Gasteiger partial charge on any atom is 0.412 e. The van der Waals surface area contributed by atoms with Crippen LogP contribution in [0.3, 0.4) is 0 Å². The molecule has 2 fully saturated rings. The second-order valence-electron chi connectivity index (χ2n) is 14.4. The highest BCUT2D eigenvalue weighted by Gasteiger charge is 2.65. The molecule has 2 aliphatic heterocycles. The summed E-state index contributed by atoms with van der Waals surface area (Å²) in [5.41, 5.74) is 2.41. The highest BCUT2D eigenvalue weighted by molar-refractivity contribution is 6.03. The molecule has 2 aliphatic carbocycles. The van der Waals surface area contributed by atoms with Crippen LogP contribution in [-0.4, -0.2) is 97.8 Å². The Morgan fingerprint density at radius 3 is 2.61 bits per heavy atom. The van der Waals surface area contributed by atoms with Gasteiger partial charge >= 0.3 is 12.2 Å². The Balaban J connectivity index is 1.72. The summed E-state index contributed by atoms with van der Waals surface area (Å²) < 4.78 is 31.3. The van der Waals surface area contributed by atoms with Crippen LogP contribution >= 0.6 is 0 Å². The SMILES string of the molecule is C=CCCOC(=O)N(C)[C@H]1CC(=NOC2CCCCO2)C2=C[C@H](CCCCO)[C@@H](CCCCO)[C@@H]3c4cc(OC(=O)NCC)ccc4O[C@@]1(OCC=C)[C@H]23. The molecule has 0 aromatic heterocycles. The molecule has 0 bridgehead atoms. The van der Waals surface area contributed by atoms with E-state index in [-0.39, 0.29) is 50.6 Å². The fourth-order valence-corrected chi connectivity index (χ4v) is 8.45.